The van der Waals surface area contributed by atoms with E-state index in [2.05, 4.69) is 4.72 Å². The van der Waals surface area contributed by atoms with Crippen LogP contribution in [-0.2, 0) is 20.0 Å². The lowest BCUT2D eigenvalue weighted by atomic mass is 10.3. The normalized spacial score (nSPS) is 11.8. The van der Waals surface area contributed by atoms with Gasteiger partial charge in [-0.2, -0.15) is 0 Å². The van der Waals surface area contributed by atoms with Crippen LogP contribution in [0.15, 0.2) is 76.5 Å². The first kappa shape index (κ1) is 21.0. The molecule has 0 saturated carbocycles. The van der Waals surface area contributed by atoms with Crippen LogP contribution < -0.4 is 9.44 Å². The van der Waals surface area contributed by atoms with Crippen molar-refractivity contribution in [2.75, 3.05) is 9.44 Å². The largest absolute Gasteiger partial charge is 0.280 e. The first-order chi connectivity index (χ1) is 13.6. The van der Waals surface area contributed by atoms with E-state index < -0.39 is 36.6 Å². The molecule has 29 heavy (non-hydrogen) atoms. The minimum absolute atomic E-state index is 0.146. The van der Waals surface area contributed by atoms with Crippen LogP contribution in [0.5, 0.6) is 0 Å². The van der Waals surface area contributed by atoms with Crippen molar-refractivity contribution < 1.29 is 25.6 Å². The van der Waals surface area contributed by atoms with Crippen molar-refractivity contribution in [1.82, 2.24) is 0 Å². The Morgan fingerprint density at radius 1 is 0.724 bits per heavy atom. The molecule has 0 aliphatic rings. The molecule has 0 aromatic heterocycles. The standard InChI is InChI=1S/C18H13ClF2N2O4S2/c19-12-4-7-14(8-5-12)22-28(24,25)16-3-1-2-15(11-16)23-29(26,27)18-10-13(20)6-9-17(18)21/h1-11,22-23H. The SMILES string of the molecule is O=S(=O)(Nc1ccc(Cl)cc1)c1cccc(NS(=O)(=O)c2cc(F)ccc2F)c1. The molecule has 152 valence electrons. The van der Waals surface area contributed by atoms with Crippen LogP contribution in [0.25, 0.3) is 0 Å². The Bertz CT molecular complexity index is 1270. The topological polar surface area (TPSA) is 92.3 Å². The molecule has 0 aliphatic heterocycles. The zero-order valence-electron chi connectivity index (χ0n) is 14.4. The van der Waals surface area contributed by atoms with E-state index in [0.29, 0.717) is 17.2 Å². The van der Waals surface area contributed by atoms with Gasteiger partial charge in [-0.05, 0) is 60.7 Å². The maximum absolute atomic E-state index is 13.8. The monoisotopic (exact) mass is 458 g/mol. The molecule has 3 rings (SSSR count). The molecule has 3 aromatic rings. The second-order valence-electron chi connectivity index (χ2n) is 5.82. The summed E-state index contributed by atoms with van der Waals surface area (Å²) in [4.78, 5) is -1.14. The van der Waals surface area contributed by atoms with Gasteiger partial charge < -0.3 is 0 Å². The molecule has 0 aliphatic carbocycles. The van der Waals surface area contributed by atoms with Crippen molar-refractivity contribution in [3.63, 3.8) is 0 Å². The summed E-state index contributed by atoms with van der Waals surface area (Å²) in [6.07, 6.45) is 0. The van der Waals surface area contributed by atoms with Gasteiger partial charge in [0.15, 0.2) is 0 Å². The number of hydrogen-bond acceptors (Lipinski definition) is 4. The number of benzene rings is 3. The van der Waals surface area contributed by atoms with Crippen LogP contribution in [-0.4, -0.2) is 16.8 Å². The van der Waals surface area contributed by atoms with E-state index in [0.717, 1.165) is 12.1 Å². The molecule has 0 heterocycles. The van der Waals surface area contributed by atoms with Gasteiger partial charge in [0.1, 0.15) is 16.5 Å². The highest BCUT2D eigenvalue weighted by atomic mass is 35.5. The smallest absolute Gasteiger partial charge is 0.264 e. The fourth-order valence-electron chi connectivity index (χ4n) is 2.35. The van der Waals surface area contributed by atoms with Gasteiger partial charge in [-0.15, -0.1) is 0 Å². The average Bonchev–Trinajstić information content (AvgIpc) is 2.65. The molecule has 6 nitrogen and oxygen atoms in total. The molecule has 3 aromatic carbocycles. The summed E-state index contributed by atoms with van der Waals surface area (Å²) < 4.78 is 81.3. The predicted octanol–water partition coefficient (Wildman–Crippen LogP) is 4.22. The Morgan fingerprint density at radius 3 is 2.07 bits per heavy atom. The number of hydrogen-bond donors (Lipinski definition) is 2. The summed E-state index contributed by atoms with van der Waals surface area (Å²) >= 11 is 5.76. The molecule has 0 unspecified atom stereocenters. The highest BCUT2D eigenvalue weighted by Crippen LogP contribution is 2.24. The third-order valence-electron chi connectivity index (χ3n) is 3.68. The molecule has 0 fully saturated rings. The summed E-state index contributed by atoms with van der Waals surface area (Å²) in [5, 5.41) is 0.425. The van der Waals surface area contributed by atoms with Crippen molar-refractivity contribution in [1.29, 1.82) is 0 Å². The molecule has 11 heteroatoms. The van der Waals surface area contributed by atoms with Crippen molar-refractivity contribution in [2.24, 2.45) is 0 Å². The molecule has 0 atom stereocenters. The van der Waals surface area contributed by atoms with Gasteiger partial charge >= 0.3 is 0 Å². The van der Waals surface area contributed by atoms with Crippen LogP contribution in [0.4, 0.5) is 20.2 Å². The number of rotatable bonds is 6. The number of sulfonamides is 2. The van der Waals surface area contributed by atoms with E-state index in [1.807, 2.05) is 4.72 Å². The fourth-order valence-corrected chi connectivity index (χ4v) is 4.72. The van der Waals surface area contributed by atoms with E-state index in [-0.39, 0.29) is 16.3 Å². The second-order valence-corrected chi connectivity index (χ2v) is 9.59. The number of nitrogens with one attached hydrogen (secondary N) is 2. The van der Waals surface area contributed by atoms with Gasteiger partial charge in [0, 0.05) is 10.7 Å². The Hall–Kier alpha value is -2.69. The first-order valence-corrected chi connectivity index (χ1v) is 11.3. The van der Waals surface area contributed by atoms with Gasteiger partial charge in [0.2, 0.25) is 0 Å². The molecular formula is C18H13ClF2N2O4S2. The van der Waals surface area contributed by atoms with E-state index in [4.69, 9.17) is 11.6 Å². The minimum Gasteiger partial charge on any atom is -0.280 e. The first-order valence-electron chi connectivity index (χ1n) is 7.93. The lowest BCUT2D eigenvalue weighted by Crippen LogP contribution is -2.16. The molecule has 0 saturated heterocycles. The van der Waals surface area contributed by atoms with Crippen molar-refractivity contribution >= 4 is 43.0 Å². The summed E-state index contributed by atoms with van der Waals surface area (Å²) in [5.74, 6) is -2.08. The Balaban J connectivity index is 1.89. The van der Waals surface area contributed by atoms with E-state index in [9.17, 15) is 25.6 Å². The summed E-state index contributed by atoms with van der Waals surface area (Å²) in [6.45, 7) is 0. The van der Waals surface area contributed by atoms with Gasteiger partial charge in [-0.1, -0.05) is 17.7 Å². The highest BCUT2D eigenvalue weighted by molar-refractivity contribution is 7.93. The predicted molar refractivity (Wildman–Crippen MR) is 106 cm³/mol. The summed E-state index contributed by atoms with van der Waals surface area (Å²) in [6, 6.07) is 12.8. The second kappa shape index (κ2) is 7.97. The van der Waals surface area contributed by atoms with Crippen molar-refractivity contribution in [3.8, 4) is 0 Å². The number of anilines is 2. The zero-order valence-corrected chi connectivity index (χ0v) is 16.8. The molecule has 0 spiro atoms. The van der Waals surface area contributed by atoms with Gasteiger partial charge in [0.25, 0.3) is 20.0 Å². The van der Waals surface area contributed by atoms with Crippen LogP contribution in [0, 0.1) is 11.6 Å². The fraction of sp³-hybridized carbons (Fsp3) is 0. The minimum atomic E-state index is -4.49. The van der Waals surface area contributed by atoms with Gasteiger partial charge in [0.05, 0.1) is 10.6 Å². The summed E-state index contributed by atoms with van der Waals surface area (Å²) in [7, 11) is -8.53. The van der Waals surface area contributed by atoms with Crippen LogP contribution in [0.3, 0.4) is 0 Å². The Morgan fingerprint density at radius 2 is 1.38 bits per heavy atom. The quantitative estimate of drug-likeness (QED) is 0.578. The molecular weight excluding hydrogens is 446 g/mol. The van der Waals surface area contributed by atoms with Crippen LogP contribution in [0.2, 0.25) is 5.02 Å². The van der Waals surface area contributed by atoms with E-state index in [1.165, 1.54) is 42.5 Å². The Kier molecular flexibility index (Phi) is 5.78. The van der Waals surface area contributed by atoms with E-state index >= 15 is 0 Å². The summed E-state index contributed by atoms with van der Waals surface area (Å²) in [5.41, 5.74) is 0.106. The lowest BCUT2D eigenvalue weighted by Gasteiger charge is -2.12. The lowest BCUT2D eigenvalue weighted by molar-refractivity contribution is 0.555. The third kappa shape index (κ3) is 5.03. The number of halogens is 3. The molecule has 0 radical (unpaired) electrons. The highest BCUT2D eigenvalue weighted by Gasteiger charge is 2.21. The van der Waals surface area contributed by atoms with Gasteiger partial charge in [-0.3, -0.25) is 9.44 Å². The molecule has 0 bridgehead atoms. The van der Waals surface area contributed by atoms with Crippen LogP contribution >= 0.6 is 11.6 Å². The maximum Gasteiger partial charge on any atom is 0.264 e. The van der Waals surface area contributed by atoms with E-state index in [1.54, 1.807) is 0 Å². The molecule has 0 amide bonds. The van der Waals surface area contributed by atoms with Crippen molar-refractivity contribution in [2.45, 2.75) is 9.79 Å². The Labute approximate surface area is 171 Å². The maximum atomic E-state index is 13.8. The van der Waals surface area contributed by atoms with Gasteiger partial charge in [-0.25, -0.2) is 25.6 Å². The van der Waals surface area contributed by atoms with Crippen molar-refractivity contribution in [3.05, 3.63) is 83.4 Å². The zero-order chi connectivity index (χ0) is 21.2. The molecule has 2 N–H and O–H groups in total. The third-order valence-corrected chi connectivity index (χ3v) is 6.70. The average molecular weight is 459 g/mol. The van der Waals surface area contributed by atoms with Crippen LogP contribution in [0.1, 0.15) is 0 Å².